The van der Waals surface area contributed by atoms with Crippen molar-refractivity contribution in [2.45, 2.75) is 99.3 Å². The quantitative estimate of drug-likeness (QED) is 0.396. The van der Waals surface area contributed by atoms with Crippen LogP contribution in [0.15, 0.2) is 9.98 Å². The van der Waals surface area contributed by atoms with E-state index in [-0.39, 0.29) is 12.1 Å². The van der Waals surface area contributed by atoms with Gasteiger partial charge >= 0.3 is 152 Å². The summed E-state index contributed by atoms with van der Waals surface area (Å²) < 4.78 is 0. The van der Waals surface area contributed by atoms with Crippen molar-refractivity contribution in [3.63, 3.8) is 0 Å². The van der Waals surface area contributed by atoms with Crippen LogP contribution in [0.4, 0.5) is 0 Å². The fourth-order valence-corrected chi connectivity index (χ4v) is 7.62. The van der Waals surface area contributed by atoms with Crippen molar-refractivity contribution >= 4 is 27.1 Å². The predicted octanol–water partition coefficient (Wildman–Crippen LogP) is 4.63. The third kappa shape index (κ3) is 6.65. The van der Waals surface area contributed by atoms with Gasteiger partial charge in [0.1, 0.15) is 0 Å². The molecule has 1 heterocycles. The Morgan fingerprint density at radius 3 is 2.04 bits per heavy atom. The Morgan fingerprint density at radius 1 is 0.708 bits per heavy atom. The Labute approximate surface area is 152 Å². The molecule has 2 fully saturated rings. The van der Waals surface area contributed by atoms with Gasteiger partial charge in [0.2, 0.25) is 0 Å². The summed E-state index contributed by atoms with van der Waals surface area (Å²) in [6.07, 6.45) is 18.2. The van der Waals surface area contributed by atoms with Crippen LogP contribution in [0.2, 0.25) is 10.1 Å². The van der Waals surface area contributed by atoms with E-state index in [9.17, 15) is 9.59 Å². The maximum atomic E-state index is 11.0. The van der Waals surface area contributed by atoms with Gasteiger partial charge in [0.15, 0.2) is 0 Å². The molecule has 1 saturated carbocycles. The van der Waals surface area contributed by atoms with E-state index in [1.54, 1.807) is 6.08 Å². The van der Waals surface area contributed by atoms with Gasteiger partial charge in [-0.2, -0.15) is 0 Å². The summed E-state index contributed by atoms with van der Waals surface area (Å²) in [6, 6.07) is 0.275. The Hall–Kier alpha value is -0.721. The molecule has 3 unspecified atom stereocenters. The van der Waals surface area contributed by atoms with Gasteiger partial charge in [-0.05, 0) is 0 Å². The summed E-state index contributed by atoms with van der Waals surface area (Å²) in [7, 11) is 0. The van der Waals surface area contributed by atoms with Gasteiger partial charge in [0.05, 0.1) is 0 Å². The summed E-state index contributed by atoms with van der Waals surface area (Å²) in [4.78, 5) is 30.3. The monoisotopic (exact) mass is 398 g/mol. The van der Waals surface area contributed by atoms with Crippen molar-refractivity contribution in [3.8, 4) is 0 Å². The van der Waals surface area contributed by atoms with E-state index in [4.69, 9.17) is 0 Å². The van der Waals surface area contributed by atoms with Crippen LogP contribution in [-0.4, -0.2) is 39.2 Å². The molecule has 3 atom stereocenters. The van der Waals surface area contributed by atoms with E-state index in [0.717, 1.165) is 36.9 Å². The SMILES string of the molecule is O=C=NC1CCCC(N=C=O)C(C2CCCCCCCC2)[Se]CC1. The standard InChI is InChI=1S/C19H30N2O2Se/c22-14-20-17-10-7-11-18(21-15-23)19(24-13-12-17)16-8-5-3-1-2-4-6-9-16/h16-19H,1-13H2. The van der Waals surface area contributed by atoms with Crippen LogP contribution in [-0.2, 0) is 9.59 Å². The number of isocyanates is 2. The van der Waals surface area contributed by atoms with Gasteiger partial charge in [0, 0.05) is 0 Å². The molecule has 4 nitrogen and oxygen atoms in total. The Bertz CT molecular complexity index is 448. The second kappa shape index (κ2) is 11.8. The normalized spacial score (nSPS) is 30.9. The van der Waals surface area contributed by atoms with E-state index in [1.165, 1.54) is 51.4 Å². The first kappa shape index (κ1) is 19.6. The van der Waals surface area contributed by atoms with E-state index in [2.05, 4.69) is 9.98 Å². The first-order valence-electron chi connectivity index (χ1n) is 9.60. The van der Waals surface area contributed by atoms with Crippen LogP contribution in [0.1, 0.15) is 77.0 Å². The number of carbonyl (C=O) groups excluding carboxylic acids is 2. The van der Waals surface area contributed by atoms with Crippen molar-refractivity contribution < 1.29 is 9.59 Å². The first-order valence-corrected chi connectivity index (χ1v) is 11.8. The molecule has 0 aromatic rings. The molecule has 2 rings (SSSR count). The zero-order chi connectivity index (χ0) is 17.0. The first-order chi connectivity index (χ1) is 11.8. The van der Waals surface area contributed by atoms with Crippen LogP contribution in [0, 0.1) is 5.92 Å². The summed E-state index contributed by atoms with van der Waals surface area (Å²) in [5.41, 5.74) is 0. The van der Waals surface area contributed by atoms with Gasteiger partial charge in [-0.25, -0.2) is 0 Å². The summed E-state index contributed by atoms with van der Waals surface area (Å²) >= 11 is 0.463. The molecule has 1 aliphatic carbocycles. The van der Waals surface area contributed by atoms with Crippen LogP contribution >= 0.6 is 0 Å². The molecule has 5 heteroatoms. The van der Waals surface area contributed by atoms with Crippen molar-refractivity contribution in [2.75, 3.05) is 0 Å². The second-order valence-corrected chi connectivity index (χ2v) is 9.87. The second-order valence-electron chi connectivity index (χ2n) is 7.18. The Kier molecular flexibility index (Phi) is 9.61. The molecule has 0 bridgehead atoms. The molecule has 0 amide bonds. The number of hydrogen-bond donors (Lipinski definition) is 0. The average Bonchev–Trinajstić information content (AvgIpc) is 2.77. The van der Waals surface area contributed by atoms with E-state index in [0.29, 0.717) is 19.8 Å². The third-order valence-corrected chi connectivity index (χ3v) is 8.76. The van der Waals surface area contributed by atoms with Crippen molar-refractivity contribution in [3.05, 3.63) is 0 Å². The van der Waals surface area contributed by atoms with Crippen LogP contribution in [0.3, 0.4) is 0 Å². The minimum atomic E-state index is 0.129. The number of hydrogen-bond acceptors (Lipinski definition) is 4. The van der Waals surface area contributed by atoms with E-state index < -0.39 is 0 Å². The van der Waals surface area contributed by atoms with Gasteiger partial charge in [-0.3, -0.25) is 0 Å². The zero-order valence-corrected chi connectivity index (χ0v) is 16.3. The molecule has 1 aliphatic heterocycles. The maximum absolute atomic E-state index is 11.0. The predicted molar refractivity (Wildman–Crippen MR) is 97.0 cm³/mol. The molecule has 0 spiro atoms. The third-order valence-electron chi connectivity index (χ3n) is 5.50. The van der Waals surface area contributed by atoms with Crippen molar-refractivity contribution in [1.82, 2.24) is 0 Å². The number of rotatable bonds is 3. The van der Waals surface area contributed by atoms with Crippen LogP contribution in [0.25, 0.3) is 0 Å². The molecular formula is C19H30N2O2Se. The van der Waals surface area contributed by atoms with Gasteiger partial charge in [0.25, 0.3) is 0 Å². The number of nitrogens with zero attached hydrogens (tertiary/aromatic N) is 2. The molecule has 134 valence electrons. The van der Waals surface area contributed by atoms with Gasteiger partial charge in [-0.15, -0.1) is 0 Å². The minimum absolute atomic E-state index is 0.129. The summed E-state index contributed by atoms with van der Waals surface area (Å²) in [5.74, 6) is 0.719. The van der Waals surface area contributed by atoms with Gasteiger partial charge in [-0.1, -0.05) is 0 Å². The molecule has 0 aromatic carbocycles. The topological polar surface area (TPSA) is 58.9 Å². The van der Waals surface area contributed by atoms with Crippen LogP contribution < -0.4 is 0 Å². The molecule has 1 saturated heterocycles. The average molecular weight is 397 g/mol. The molecular weight excluding hydrogens is 367 g/mol. The molecule has 0 radical (unpaired) electrons. The summed E-state index contributed by atoms with van der Waals surface area (Å²) in [5, 5.41) is 1.13. The fraction of sp³-hybridized carbons (Fsp3) is 0.895. The molecule has 2 aliphatic rings. The van der Waals surface area contributed by atoms with E-state index in [1.807, 2.05) is 6.08 Å². The Morgan fingerprint density at radius 2 is 1.38 bits per heavy atom. The van der Waals surface area contributed by atoms with E-state index >= 15 is 0 Å². The molecule has 0 aromatic heterocycles. The molecule has 0 N–H and O–H groups in total. The zero-order valence-electron chi connectivity index (χ0n) is 14.6. The summed E-state index contributed by atoms with van der Waals surface area (Å²) in [6.45, 7) is 0. The molecule has 24 heavy (non-hydrogen) atoms. The van der Waals surface area contributed by atoms with Gasteiger partial charge < -0.3 is 0 Å². The van der Waals surface area contributed by atoms with Crippen molar-refractivity contribution in [2.24, 2.45) is 15.9 Å². The van der Waals surface area contributed by atoms with Crippen molar-refractivity contribution in [1.29, 1.82) is 0 Å². The number of aliphatic imine (C=N–C) groups is 2. The Balaban J connectivity index is 2.08. The fourth-order valence-electron chi connectivity index (χ4n) is 4.18. The van der Waals surface area contributed by atoms with Crippen LogP contribution in [0.5, 0.6) is 0 Å².